The maximum Gasteiger partial charge on any atom is 0.287 e. The Labute approximate surface area is 94.8 Å². The molecule has 16 heavy (non-hydrogen) atoms. The molecule has 5 nitrogen and oxygen atoms in total. The lowest BCUT2D eigenvalue weighted by Gasteiger charge is -2.11. The van der Waals surface area contributed by atoms with Crippen LogP contribution < -0.4 is 5.32 Å². The molecule has 1 amide bonds. The van der Waals surface area contributed by atoms with Crippen molar-refractivity contribution in [3.63, 3.8) is 0 Å². The maximum atomic E-state index is 11.2. The van der Waals surface area contributed by atoms with Gasteiger partial charge in [-0.05, 0) is 20.8 Å². The van der Waals surface area contributed by atoms with Gasteiger partial charge in [0.1, 0.15) is 0 Å². The highest BCUT2D eigenvalue weighted by atomic mass is 16.2. The summed E-state index contributed by atoms with van der Waals surface area (Å²) >= 11 is 0. The zero-order valence-corrected chi connectivity index (χ0v) is 10.1. The van der Waals surface area contributed by atoms with Crippen LogP contribution in [0.1, 0.15) is 38.1 Å². The zero-order valence-electron chi connectivity index (χ0n) is 10.1. The van der Waals surface area contributed by atoms with Crippen LogP contribution in [0.3, 0.4) is 0 Å². The third-order valence-corrected chi connectivity index (χ3v) is 2.44. The molecule has 0 fully saturated rings. The van der Waals surface area contributed by atoms with E-state index in [0.29, 0.717) is 0 Å². The first-order valence-corrected chi connectivity index (χ1v) is 5.31. The number of hydrogen-bond acceptors (Lipinski definition) is 3. The second-order valence-corrected chi connectivity index (χ2v) is 3.78. The quantitative estimate of drug-likeness (QED) is 0.774. The standard InChI is InChI=1S/C11H17N3O2/c1-5-14-6-10(8(3)13-14)7(2)12-11(16)9(4)15/h6-7H,5H2,1-4H3,(H,12,16). The molecule has 0 aliphatic heterocycles. The molecule has 0 saturated carbocycles. The highest BCUT2D eigenvalue weighted by Crippen LogP contribution is 2.15. The van der Waals surface area contributed by atoms with Crippen LogP contribution in [-0.2, 0) is 16.1 Å². The first-order chi connectivity index (χ1) is 7.45. The van der Waals surface area contributed by atoms with E-state index in [2.05, 4.69) is 10.4 Å². The third kappa shape index (κ3) is 2.68. The number of Topliss-reactive ketones (excluding diaryl/α,β-unsaturated/α-hetero) is 1. The molecule has 1 rings (SSSR count). The molecule has 1 aromatic rings. The summed E-state index contributed by atoms with van der Waals surface area (Å²) in [5, 5.41) is 6.91. The van der Waals surface area contributed by atoms with Crippen LogP contribution in [0.15, 0.2) is 6.20 Å². The summed E-state index contributed by atoms with van der Waals surface area (Å²) in [6.45, 7) is 7.76. The SMILES string of the molecule is CCn1cc(C(C)NC(=O)C(C)=O)c(C)n1. The number of hydrogen-bond donors (Lipinski definition) is 1. The van der Waals surface area contributed by atoms with Crippen molar-refractivity contribution in [2.45, 2.75) is 40.3 Å². The van der Waals surface area contributed by atoms with Crippen LogP contribution in [0.5, 0.6) is 0 Å². The van der Waals surface area contributed by atoms with Crippen molar-refractivity contribution in [1.82, 2.24) is 15.1 Å². The van der Waals surface area contributed by atoms with Crippen molar-refractivity contribution in [2.24, 2.45) is 0 Å². The van der Waals surface area contributed by atoms with Gasteiger partial charge in [-0.25, -0.2) is 0 Å². The second kappa shape index (κ2) is 4.92. The van der Waals surface area contributed by atoms with Crippen LogP contribution in [0.4, 0.5) is 0 Å². The van der Waals surface area contributed by atoms with Gasteiger partial charge in [-0.3, -0.25) is 14.3 Å². The van der Waals surface area contributed by atoms with Crippen molar-refractivity contribution < 1.29 is 9.59 Å². The van der Waals surface area contributed by atoms with Gasteiger partial charge in [0.2, 0.25) is 5.78 Å². The van der Waals surface area contributed by atoms with Crippen molar-refractivity contribution in [3.8, 4) is 0 Å². The van der Waals surface area contributed by atoms with Crippen LogP contribution >= 0.6 is 0 Å². The van der Waals surface area contributed by atoms with Gasteiger partial charge in [0.05, 0.1) is 11.7 Å². The average molecular weight is 223 g/mol. The fourth-order valence-electron chi connectivity index (χ4n) is 1.50. The Morgan fingerprint density at radius 3 is 2.62 bits per heavy atom. The Bertz CT molecular complexity index is 409. The first-order valence-electron chi connectivity index (χ1n) is 5.31. The smallest absolute Gasteiger partial charge is 0.287 e. The molecule has 0 saturated heterocycles. The minimum Gasteiger partial charge on any atom is -0.343 e. The fourth-order valence-corrected chi connectivity index (χ4v) is 1.50. The Hall–Kier alpha value is -1.65. The summed E-state index contributed by atoms with van der Waals surface area (Å²) in [5.41, 5.74) is 1.81. The number of ketones is 1. The number of aryl methyl sites for hydroxylation is 2. The zero-order chi connectivity index (χ0) is 12.3. The Morgan fingerprint density at radius 1 is 1.56 bits per heavy atom. The van der Waals surface area contributed by atoms with E-state index >= 15 is 0 Å². The topological polar surface area (TPSA) is 64.0 Å². The molecule has 0 radical (unpaired) electrons. The number of rotatable bonds is 4. The van der Waals surface area contributed by atoms with E-state index < -0.39 is 11.7 Å². The molecule has 1 N–H and O–H groups in total. The molecule has 0 aromatic carbocycles. The van der Waals surface area contributed by atoms with Crippen LogP contribution in [-0.4, -0.2) is 21.5 Å². The van der Waals surface area contributed by atoms with Crippen molar-refractivity contribution >= 4 is 11.7 Å². The summed E-state index contributed by atoms with van der Waals surface area (Å²) in [4.78, 5) is 22.1. The van der Waals surface area contributed by atoms with Gasteiger partial charge in [-0.1, -0.05) is 0 Å². The minimum atomic E-state index is -0.559. The summed E-state index contributed by atoms with van der Waals surface area (Å²) in [6, 6.07) is -0.198. The predicted octanol–water partition coefficient (Wildman–Crippen LogP) is 0.978. The molecule has 0 aliphatic carbocycles. The Morgan fingerprint density at radius 2 is 2.19 bits per heavy atom. The van der Waals surface area contributed by atoms with Gasteiger partial charge in [0, 0.05) is 25.2 Å². The number of carbonyl (C=O) groups excluding carboxylic acids is 2. The Kier molecular flexibility index (Phi) is 3.82. The van der Waals surface area contributed by atoms with E-state index in [1.807, 2.05) is 27.0 Å². The van der Waals surface area contributed by atoms with E-state index in [9.17, 15) is 9.59 Å². The van der Waals surface area contributed by atoms with Crippen LogP contribution in [0.2, 0.25) is 0 Å². The summed E-state index contributed by atoms with van der Waals surface area (Å²) < 4.78 is 1.81. The third-order valence-electron chi connectivity index (χ3n) is 2.44. The summed E-state index contributed by atoms with van der Waals surface area (Å²) in [5.74, 6) is -1.04. The van der Waals surface area contributed by atoms with Gasteiger partial charge in [0.25, 0.3) is 5.91 Å². The maximum absolute atomic E-state index is 11.2. The van der Waals surface area contributed by atoms with E-state index in [1.54, 1.807) is 4.68 Å². The lowest BCUT2D eigenvalue weighted by molar-refractivity contribution is -0.137. The fraction of sp³-hybridized carbons (Fsp3) is 0.545. The average Bonchev–Trinajstić information content (AvgIpc) is 2.59. The van der Waals surface area contributed by atoms with Gasteiger partial charge in [0.15, 0.2) is 0 Å². The molecular formula is C11H17N3O2. The van der Waals surface area contributed by atoms with Gasteiger partial charge < -0.3 is 5.32 Å². The number of nitrogens with zero attached hydrogens (tertiary/aromatic N) is 2. The molecule has 1 atom stereocenters. The highest BCUT2D eigenvalue weighted by molar-refractivity contribution is 6.35. The summed E-state index contributed by atoms with van der Waals surface area (Å²) in [7, 11) is 0. The van der Waals surface area contributed by atoms with E-state index in [1.165, 1.54) is 6.92 Å². The van der Waals surface area contributed by atoms with Crippen LogP contribution in [0, 0.1) is 6.92 Å². The van der Waals surface area contributed by atoms with Crippen molar-refractivity contribution in [2.75, 3.05) is 0 Å². The number of nitrogens with one attached hydrogen (secondary N) is 1. The van der Waals surface area contributed by atoms with Crippen molar-refractivity contribution in [3.05, 3.63) is 17.5 Å². The van der Waals surface area contributed by atoms with Crippen molar-refractivity contribution in [1.29, 1.82) is 0 Å². The molecular weight excluding hydrogens is 206 g/mol. The lowest BCUT2D eigenvalue weighted by atomic mass is 10.1. The van der Waals surface area contributed by atoms with E-state index in [-0.39, 0.29) is 6.04 Å². The first kappa shape index (κ1) is 12.4. The molecule has 1 aromatic heterocycles. The van der Waals surface area contributed by atoms with Gasteiger partial charge in [-0.15, -0.1) is 0 Å². The molecule has 0 spiro atoms. The molecule has 88 valence electrons. The number of carbonyl (C=O) groups is 2. The molecule has 1 heterocycles. The summed E-state index contributed by atoms with van der Waals surface area (Å²) in [6.07, 6.45) is 1.89. The lowest BCUT2D eigenvalue weighted by Crippen LogP contribution is -2.31. The number of amides is 1. The molecule has 0 bridgehead atoms. The molecule has 0 aliphatic rings. The monoisotopic (exact) mass is 223 g/mol. The Balaban J connectivity index is 2.79. The normalized spacial score (nSPS) is 12.2. The number of aromatic nitrogens is 2. The predicted molar refractivity (Wildman–Crippen MR) is 59.9 cm³/mol. The molecule has 5 heteroatoms. The van der Waals surface area contributed by atoms with E-state index in [0.717, 1.165) is 17.8 Å². The minimum absolute atomic E-state index is 0.198. The second-order valence-electron chi connectivity index (χ2n) is 3.78. The largest absolute Gasteiger partial charge is 0.343 e. The van der Waals surface area contributed by atoms with E-state index in [4.69, 9.17) is 0 Å². The van der Waals surface area contributed by atoms with Gasteiger partial charge >= 0.3 is 0 Å². The van der Waals surface area contributed by atoms with Gasteiger partial charge in [-0.2, -0.15) is 5.10 Å². The highest BCUT2D eigenvalue weighted by Gasteiger charge is 2.16. The van der Waals surface area contributed by atoms with Crippen LogP contribution in [0.25, 0.3) is 0 Å². The molecule has 1 unspecified atom stereocenters.